The molecule has 1 N–H and O–H groups in total. The van der Waals surface area contributed by atoms with E-state index >= 15 is 0 Å². The van der Waals surface area contributed by atoms with Gasteiger partial charge in [-0.15, -0.1) is 0 Å². The third-order valence-electron chi connectivity index (χ3n) is 1.58. The Hall–Kier alpha value is -0.473. The van der Waals surface area contributed by atoms with Gasteiger partial charge in [-0.25, -0.2) is 0 Å². The maximum absolute atomic E-state index is 9.92. The second-order valence-electron chi connectivity index (χ2n) is 2.39. The number of hydrogen-bond donors (Lipinski definition) is 1. The average Bonchev–Trinajstić information content (AvgIpc) is 2.24. The molecule has 0 saturated heterocycles. The Bertz CT molecular complexity index is 145. The molecule has 0 fully saturated rings. The lowest BCUT2D eigenvalue weighted by Crippen LogP contribution is -2.46. The molecule has 0 atom stereocenters. The maximum Gasteiger partial charge on any atom is 0.678 e. The summed E-state index contributed by atoms with van der Waals surface area (Å²) in [7, 11) is 1.53. The van der Waals surface area contributed by atoms with E-state index in [4.69, 9.17) is 17.7 Å². The number of carbonyl (C=O) groups is 1. The zero-order chi connectivity index (χ0) is 10.9. The van der Waals surface area contributed by atoms with E-state index in [0.29, 0.717) is 26.0 Å². The van der Waals surface area contributed by atoms with Crippen molar-refractivity contribution < 1.29 is 22.5 Å². The number of amides is 1. The summed E-state index contributed by atoms with van der Waals surface area (Å²) in [6.45, 7) is 0.980. The first kappa shape index (κ1) is 13.5. The van der Waals surface area contributed by atoms with Gasteiger partial charge in [-0.3, -0.25) is 4.79 Å². The largest absolute Gasteiger partial charge is 0.678 e. The number of rotatable bonds is 9. The predicted octanol–water partition coefficient (Wildman–Crippen LogP) is -0.486. The summed E-state index contributed by atoms with van der Waals surface area (Å²) in [6, 6.07) is 0. The number of nitrogens with one attached hydrogen (secondary N) is 1. The lowest BCUT2D eigenvalue weighted by molar-refractivity contribution is -0.109. The first-order chi connectivity index (χ1) is 6.74. The Kier molecular flexibility index (Phi) is 7.62. The van der Waals surface area contributed by atoms with Gasteiger partial charge >= 0.3 is 9.05 Å². The van der Waals surface area contributed by atoms with Crippen LogP contribution in [0.3, 0.4) is 0 Å². The molecule has 84 valence electrons. The fraction of sp³-hybridized carbons (Fsp3) is 0.857. The van der Waals surface area contributed by atoms with Crippen molar-refractivity contribution in [1.82, 2.24) is 5.32 Å². The van der Waals surface area contributed by atoms with Gasteiger partial charge in [0.05, 0.1) is 0 Å². The lowest BCUT2D eigenvalue weighted by atomic mass is 10.5. The summed E-state index contributed by atoms with van der Waals surface area (Å²) < 4.78 is 20.4. The molecule has 0 aliphatic carbocycles. The van der Waals surface area contributed by atoms with Crippen LogP contribution in [0.15, 0.2) is 0 Å². The van der Waals surface area contributed by atoms with Crippen LogP contribution in [0.2, 0.25) is 0 Å². The van der Waals surface area contributed by atoms with E-state index in [1.165, 1.54) is 21.3 Å². The molecule has 7 heteroatoms. The molecule has 0 heterocycles. The molecule has 0 spiro atoms. The van der Waals surface area contributed by atoms with Crippen LogP contribution in [0.4, 0.5) is 0 Å². The van der Waals surface area contributed by atoms with Gasteiger partial charge < -0.3 is 23.0 Å². The molecule has 0 aromatic rings. The molecule has 0 aliphatic rings. The SMILES string of the molecule is CO[Si](OC)(OC)OCCCNC=O. The predicted molar refractivity (Wildman–Crippen MR) is 51.4 cm³/mol. The van der Waals surface area contributed by atoms with Gasteiger partial charge in [0, 0.05) is 34.5 Å². The van der Waals surface area contributed by atoms with Gasteiger partial charge in [0.2, 0.25) is 6.41 Å². The Morgan fingerprint density at radius 2 is 1.79 bits per heavy atom. The monoisotopic (exact) mass is 223 g/mol. The van der Waals surface area contributed by atoms with Gasteiger partial charge in [-0.1, -0.05) is 0 Å². The minimum Gasteiger partial charge on any atom is -0.359 e. The van der Waals surface area contributed by atoms with Crippen molar-refractivity contribution in [3.8, 4) is 0 Å². The standard InChI is InChI=1S/C7H17NO5Si/c1-10-14(11-2,12-3)13-6-4-5-8-7-9/h7H,4-6H2,1-3H3,(H,8,9). The van der Waals surface area contributed by atoms with Crippen molar-refractivity contribution in [3.63, 3.8) is 0 Å². The van der Waals surface area contributed by atoms with Crippen LogP contribution in [0, 0.1) is 0 Å². The number of carbonyl (C=O) groups excluding carboxylic acids is 1. The molecule has 0 rings (SSSR count). The van der Waals surface area contributed by atoms with Crippen LogP contribution in [-0.4, -0.2) is 49.9 Å². The van der Waals surface area contributed by atoms with Gasteiger partial charge in [0.15, 0.2) is 0 Å². The zero-order valence-electron chi connectivity index (χ0n) is 8.74. The Balaban J connectivity index is 3.65. The van der Waals surface area contributed by atoms with Crippen LogP contribution < -0.4 is 5.32 Å². The summed E-state index contributed by atoms with van der Waals surface area (Å²) >= 11 is 0. The molecule has 0 aromatic carbocycles. The van der Waals surface area contributed by atoms with E-state index in [1.807, 2.05) is 0 Å². The van der Waals surface area contributed by atoms with Crippen LogP contribution in [0.25, 0.3) is 0 Å². The third kappa shape index (κ3) is 4.68. The first-order valence-corrected chi connectivity index (χ1v) is 5.84. The van der Waals surface area contributed by atoms with Crippen molar-refractivity contribution in [2.24, 2.45) is 0 Å². The molecule has 0 unspecified atom stereocenters. The molecular formula is C7H17NO5Si. The highest BCUT2D eigenvalue weighted by atomic mass is 28.4. The minimum atomic E-state index is -2.89. The molecule has 0 bridgehead atoms. The van der Waals surface area contributed by atoms with E-state index in [0.717, 1.165) is 0 Å². The van der Waals surface area contributed by atoms with Crippen LogP contribution >= 0.6 is 0 Å². The average molecular weight is 223 g/mol. The smallest absolute Gasteiger partial charge is 0.359 e. The molecule has 1 amide bonds. The van der Waals surface area contributed by atoms with Crippen molar-refractivity contribution in [2.45, 2.75) is 6.42 Å². The first-order valence-electron chi connectivity index (χ1n) is 4.21. The maximum atomic E-state index is 9.92. The Morgan fingerprint density at radius 3 is 2.21 bits per heavy atom. The van der Waals surface area contributed by atoms with Crippen LogP contribution in [0.1, 0.15) is 6.42 Å². The highest BCUT2D eigenvalue weighted by Gasteiger charge is 2.41. The van der Waals surface area contributed by atoms with Gasteiger partial charge in [-0.2, -0.15) is 0 Å². The quantitative estimate of drug-likeness (QED) is 0.325. The Morgan fingerprint density at radius 1 is 1.21 bits per heavy atom. The highest BCUT2D eigenvalue weighted by molar-refractivity contribution is 6.53. The summed E-state index contributed by atoms with van der Waals surface area (Å²) in [5.74, 6) is 0. The van der Waals surface area contributed by atoms with Gasteiger partial charge in [0.25, 0.3) is 0 Å². The summed E-state index contributed by atoms with van der Waals surface area (Å²) in [6.07, 6.45) is 1.33. The van der Waals surface area contributed by atoms with E-state index in [9.17, 15) is 4.79 Å². The van der Waals surface area contributed by atoms with Gasteiger partial charge in [0.1, 0.15) is 0 Å². The van der Waals surface area contributed by atoms with Crippen LogP contribution in [-0.2, 0) is 22.5 Å². The molecular weight excluding hydrogens is 206 g/mol. The second-order valence-corrected chi connectivity index (χ2v) is 4.90. The topological polar surface area (TPSA) is 66.0 Å². The van der Waals surface area contributed by atoms with E-state index in [-0.39, 0.29) is 0 Å². The molecule has 6 nitrogen and oxygen atoms in total. The Labute approximate surface area is 85.0 Å². The highest BCUT2D eigenvalue weighted by Crippen LogP contribution is 2.07. The third-order valence-corrected chi connectivity index (χ3v) is 3.64. The van der Waals surface area contributed by atoms with E-state index in [1.54, 1.807) is 0 Å². The van der Waals surface area contributed by atoms with Gasteiger partial charge in [-0.05, 0) is 6.42 Å². The summed E-state index contributed by atoms with van der Waals surface area (Å²) in [4.78, 5) is 9.92. The normalized spacial score (nSPS) is 11.4. The second kappa shape index (κ2) is 7.89. The van der Waals surface area contributed by atoms with Crippen molar-refractivity contribution in [3.05, 3.63) is 0 Å². The van der Waals surface area contributed by atoms with Crippen LogP contribution in [0.5, 0.6) is 0 Å². The van der Waals surface area contributed by atoms with Crippen molar-refractivity contribution in [1.29, 1.82) is 0 Å². The van der Waals surface area contributed by atoms with Crippen molar-refractivity contribution in [2.75, 3.05) is 34.5 Å². The number of hydrogen-bond acceptors (Lipinski definition) is 5. The zero-order valence-corrected chi connectivity index (χ0v) is 9.74. The summed E-state index contributed by atoms with van der Waals surface area (Å²) in [5.41, 5.74) is 0. The molecule has 0 radical (unpaired) electrons. The fourth-order valence-electron chi connectivity index (χ4n) is 0.857. The minimum absolute atomic E-state index is 0.419. The molecule has 0 saturated carbocycles. The van der Waals surface area contributed by atoms with E-state index < -0.39 is 9.05 Å². The molecule has 0 aromatic heterocycles. The summed E-state index contributed by atoms with van der Waals surface area (Å²) in [5, 5.41) is 2.52. The van der Waals surface area contributed by atoms with Crippen molar-refractivity contribution >= 4 is 15.5 Å². The molecule has 0 aliphatic heterocycles. The lowest BCUT2D eigenvalue weighted by Gasteiger charge is -2.22. The fourth-order valence-corrected chi connectivity index (χ4v) is 2.10. The van der Waals surface area contributed by atoms with E-state index in [2.05, 4.69) is 5.32 Å². The molecule has 14 heavy (non-hydrogen) atoms.